The van der Waals surface area contributed by atoms with Crippen molar-refractivity contribution >= 4 is 65.6 Å². The van der Waals surface area contributed by atoms with Crippen molar-refractivity contribution in [2.24, 2.45) is 0 Å². The third-order valence-electron chi connectivity index (χ3n) is 12.4. The SMILES string of the molecule is Fc1cccc(-c2cc(-n3c4ccccc4c4cc5c6ccccc6n(-c6nc(-c7ccccc7)nc(-c7ccc(-c8ccccc8)cc7)n6)c5cc43)cc3c2oc2ccccc23)c1. The fourth-order valence-corrected chi connectivity index (χ4v) is 9.49. The monoisotopic (exact) mass is 823 g/mol. The van der Waals surface area contributed by atoms with Crippen LogP contribution in [0.4, 0.5) is 4.39 Å². The van der Waals surface area contributed by atoms with Crippen LogP contribution in [-0.2, 0) is 0 Å². The molecule has 300 valence electrons. The van der Waals surface area contributed by atoms with Gasteiger partial charge >= 0.3 is 0 Å². The molecular formula is C57H34FN5O. The maximum atomic E-state index is 14.9. The van der Waals surface area contributed by atoms with Crippen molar-refractivity contribution in [2.45, 2.75) is 0 Å². The summed E-state index contributed by atoms with van der Waals surface area (Å²) in [5.41, 5.74) is 12.0. The van der Waals surface area contributed by atoms with Gasteiger partial charge in [-0.1, -0.05) is 152 Å². The van der Waals surface area contributed by atoms with Crippen LogP contribution in [0, 0.1) is 5.82 Å². The summed E-state index contributed by atoms with van der Waals surface area (Å²) in [6.45, 7) is 0. The zero-order valence-electron chi connectivity index (χ0n) is 34.2. The summed E-state index contributed by atoms with van der Waals surface area (Å²) in [6, 6.07) is 69.5. The number of fused-ring (bicyclic) bond motifs is 9. The Bertz CT molecular complexity index is 3960. The molecule has 0 spiro atoms. The number of nitrogens with zero attached hydrogens (tertiary/aromatic N) is 5. The van der Waals surface area contributed by atoms with E-state index >= 15 is 0 Å². The van der Waals surface area contributed by atoms with Gasteiger partial charge < -0.3 is 8.98 Å². The maximum Gasteiger partial charge on any atom is 0.238 e. The van der Waals surface area contributed by atoms with Crippen molar-refractivity contribution in [1.82, 2.24) is 24.1 Å². The number of halogens is 1. The molecule has 13 rings (SSSR count). The highest BCUT2D eigenvalue weighted by Gasteiger charge is 2.23. The predicted molar refractivity (Wildman–Crippen MR) is 257 cm³/mol. The standard InChI is InChI=1S/C57H34FN5O/c58-40-19-13-18-39(30-40)45-31-41(32-48-44-22-9-12-25-53(44)64-54(45)48)62-49-23-10-7-20-42(49)46-33-47-43-21-8-11-24-50(43)63(52(47)34-51(46)62)57-60-55(37-16-5-2-6-17-37)59-56(61-57)38-28-26-36(27-29-38)35-14-3-1-4-15-35/h1-34H. The van der Waals surface area contributed by atoms with Crippen LogP contribution in [0.2, 0.25) is 0 Å². The molecule has 64 heavy (non-hydrogen) atoms. The molecule has 0 bridgehead atoms. The van der Waals surface area contributed by atoms with Crippen molar-refractivity contribution in [1.29, 1.82) is 0 Å². The van der Waals surface area contributed by atoms with Crippen LogP contribution in [-0.4, -0.2) is 24.1 Å². The molecule has 0 saturated heterocycles. The average molecular weight is 824 g/mol. The smallest absolute Gasteiger partial charge is 0.238 e. The summed E-state index contributed by atoms with van der Waals surface area (Å²) in [7, 11) is 0. The number of benzene rings is 9. The molecule has 0 amide bonds. The van der Waals surface area contributed by atoms with Crippen LogP contribution in [0.3, 0.4) is 0 Å². The number of hydrogen-bond acceptors (Lipinski definition) is 4. The van der Waals surface area contributed by atoms with E-state index in [9.17, 15) is 4.39 Å². The van der Waals surface area contributed by atoms with Gasteiger partial charge in [0.15, 0.2) is 11.6 Å². The Morgan fingerprint density at radius 3 is 1.61 bits per heavy atom. The number of para-hydroxylation sites is 3. The highest BCUT2D eigenvalue weighted by molar-refractivity contribution is 6.19. The summed E-state index contributed by atoms with van der Waals surface area (Å²) in [4.78, 5) is 15.6. The second-order valence-corrected chi connectivity index (χ2v) is 16.2. The van der Waals surface area contributed by atoms with E-state index in [0.717, 1.165) is 99.0 Å². The topological polar surface area (TPSA) is 61.7 Å². The van der Waals surface area contributed by atoms with Crippen LogP contribution in [0.1, 0.15) is 0 Å². The van der Waals surface area contributed by atoms with E-state index in [1.807, 2.05) is 60.7 Å². The van der Waals surface area contributed by atoms with Gasteiger partial charge in [-0.2, -0.15) is 9.97 Å². The molecule has 0 aliphatic rings. The van der Waals surface area contributed by atoms with Crippen LogP contribution in [0.5, 0.6) is 0 Å². The van der Waals surface area contributed by atoms with E-state index in [0.29, 0.717) is 23.2 Å². The summed E-state index contributed by atoms with van der Waals surface area (Å²) >= 11 is 0. The molecular weight excluding hydrogens is 790 g/mol. The highest BCUT2D eigenvalue weighted by atomic mass is 19.1. The Balaban J connectivity index is 1.09. The molecule has 0 aliphatic heterocycles. The summed E-state index contributed by atoms with van der Waals surface area (Å²) in [5.74, 6) is 1.37. The minimum atomic E-state index is -0.305. The fraction of sp³-hybridized carbons (Fsp3) is 0. The Kier molecular flexibility index (Phi) is 7.99. The number of rotatable bonds is 6. The van der Waals surface area contributed by atoms with E-state index in [2.05, 4.69) is 137 Å². The summed E-state index contributed by atoms with van der Waals surface area (Å²) < 4.78 is 26.0. The molecule has 4 aromatic heterocycles. The minimum Gasteiger partial charge on any atom is -0.455 e. The van der Waals surface area contributed by atoms with Crippen LogP contribution >= 0.6 is 0 Å². The number of furan rings is 1. The Labute approximate surface area is 365 Å². The average Bonchev–Trinajstić information content (AvgIpc) is 4.01. The first-order chi connectivity index (χ1) is 31.6. The molecule has 0 saturated carbocycles. The lowest BCUT2D eigenvalue weighted by Gasteiger charge is -2.13. The number of hydrogen-bond donors (Lipinski definition) is 0. The van der Waals surface area contributed by atoms with Gasteiger partial charge in [0.1, 0.15) is 17.0 Å². The maximum absolute atomic E-state index is 14.9. The molecule has 0 unspecified atom stereocenters. The molecule has 0 aliphatic carbocycles. The zero-order valence-corrected chi connectivity index (χ0v) is 34.2. The molecule has 7 heteroatoms. The third kappa shape index (κ3) is 5.68. The van der Waals surface area contributed by atoms with E-state index < -0.39 is 0 Å². The van der Waals surface area contributed by atoms with Gasteiger partial charge in [0, 0.05) is 54.7 Å². The van der Waals surface area contributed by atoms with Crippen molar-refractivity contribution in [2.75, 3.05) is 0 Å². The van der Waals surface area contributed by atoms with Gasteiger partial charge in [0.25, 0.3) is 0 Å². The molecule has 0 N–H and O–H groups in total. The number of aromatic nitrogens is 5. The lowest BCUT2D eigenvalue weighted by atomic mass is 10.0. The van der Waals surface area contributed by atoms with Gasteiger partial charge in [-0.25, -0.2) is 9.37 Å². The molecule has 0 atom stereocenters. The quantitative estimate of drug-likeness (QED) is 0.168. The lowest BCUT2D eigenvalue weighted by Crippen LogP contribution is -2.06. The molecule has 6 nitrogen and oxygen atoms in total. The molecule has 13 aromatic rings. The van der Waals surface area contributed by atoms with E-state index in [1.165, 1.54) is 6.07 Å². The predicted octanol–water partition coefficient (Wildman–Crippen LogP) is 14.8. The minimum absolute atomic E-state index is 0.305. The largest absolute Gasteiger partial charge is 0.455 e. The Hall–Kier alpha value is -8.68. The fourth-order valence-electron chi connectivity index (χ4n) is 9.49. The van der Waals surface area contributed by atoms with Crippen LogP contribution in [0.15, 0.2) is 211 Å². The van der Waals surface area contributed by atoms with Crippen LogP contribution < -0.4 is 0 Å². The van der Waals surface area contributed by atoms with Gasteiger partial charge in [-0.15, -0.1) is 0 Å². The first-order valence-corrected chi connectivity index (χ1v) is 21.3. The van der Waals surface area contributed by atoms with Crippen molar-refractivity contribution in [3.8, 4) is 56.7 Å². The molecule has 9 aromatic carbocycles. The van der Waals surface area contributed by atoms with Crippen molar-refractivity contribution in [3.05, 3.63) is 212 Å². The van der Waals surface area contributed by atoms with Gasteiger partial charge in [-0.3, -0.25) is 4.57 Å². The van der Waals surface area contributed by atoms with E-state index in [4.69, 9.17) is 19.4 Å². The van der Waals surface area contributed by atoms with Gasteiger partial charge in [-0.05, 0) is 71.3 Å². The van der Waals surface area contributed by atoms with E-state index in [-0.39, 0.29) is 5.82 Å². The van der Waals surface area contributed by atoms with E-state index in [1.54, 1.807) is 12.1 Å². The second-order valence-electron chi connectivity index (χ2n) is 16.2. The lowest BCUT2D eigenvalue weighted by molar-refractivity contribution is 0.628. The van der Waals surface area contributed by atoms with Crippen LogP contribution in [0.25, 0.3) is 122 Å². The first kappa shape index (κ1) is 36.0. The Morgan fingerprint density at radius 2 is 0.906 bits per heavy atom. The second kappa shape index (κ2) is 14.2. The molecule has 4 heterocycles. The molecule has 0 radical (unpaired) electrons. The normalized spacial score (nSPS) is 11.8. The van der Waals surface area contributed by atoms with Gasteiger partial charge in [0.2, 0.25) is 5.95 Å². The van der Waals surface area contributed by atoms with Crippen molar-refractivity contribution < 1.29 is 8.81 Å². The first-order valence-electron chi connectivity index (χ1n) is 21.3. The summed E-state index contributed by atoms with van der Waals surface area (Å²) in [5, 5.41) is 6.35. The van der Waals surface area contributed by atoms with Gasteiger partial charge in [0.05, 0.1) is 22.1 Å². The summed E-state index contributed by atoms with van der Waals surface area (Å²) in [6.07, 6.45) is 0. The third-order valence-corrected chi connectivity index (χ3v) is 12.4. The highest BCUT2D eigenvalue weighted by Crippen LogP contribution is 2.43. The van der Waals surface area contributed by atoms with Crippen molar-refractivity contribution in [3.63, 3.8) is 0 Å². The molecule has 0 fully saturated rings. The zero-order chi connectivity index (χ0) is 42.3. The Morgan fingerprint density at radius 1 is 0.359 bits per heavy atom.